The largest absolute Gasteiger partial charge is 0.416 e. The molecule has 0 unspecified atom stereocenters. The number of halogens is 4. The number of aryl methyl sites for hydroxylation is 1. The molecule has 0 amide bonds. The minimum atomic E-state index is -4.34. The van der Waals surface area contributed by atoms with E-state index in [-0.39, 0.29) is 0 Å². The summed E-state index contributed by atoms with van der Waals surface area (Å²) in [6, 6.07) is 5.15. The van der Waals surface area contributed by atoms with Crippen LogP contribution in [0.15, 0.2) is 34.9 Å². The van der Waals surface area contributed by atoms with Gasteiger partial charge in [-0.05, 0) is 34.1 Å². The third-order valence-corrected chi connectivity index (χ3v) is 2.93. The van der Waals surface area contributed by atoms with Gasteiger partial charge in [-0.2, -0.15) is 18.3 Å². The number of nitrogens with zero attached hydrogens (tertiary/aromatic N) is 2. The standard InChI is InChI=1S/C11H9BrF3N3/c1-18-5-4-10(17-18)16-9-3-2-7(6-8(9)12)11(13,14)15/h2-6H,1H3,(H,16,17). The van der Waals surface area contributed by atoms with Crippen molar-refractivity contribution in [3.8, 4) is 0 Å². The van der Waals surface area contributed by atoms with E-state index in [1.165, 1.54) is 6.07 Å². The zero-order valence-electron chi connectivity index (χ0n) is 9.29. The van der Waals surface area contributed by atoms with E-state index in [9.17, 15) is 13.2 Å². The lowest BCUT2D eigenvalue weighted by atomic mass is 10.2. The molecule has 2 rings (SSSR count). The molecule has 0 saturated carbocycles. The van der Waals surface area contributed by atoms with Crippen molar-refractivity contribution in [1.29, 1.82) is 0 Å². The van der Waals surface area contributed by atoms with Crippen LogP contribution < -0.4 is 5.32 Å². The molecule has 2 aromatic rings. The SMILES string of the molecule is Cn1ccc(Nc2ccc(C(F)(F)F)cc2Br)n1. The van der Waals surface area contributed by atoms with Gasteiger partial charge < -0.3 is 5.32 Å². The van der Waals surface area contributed by atoms with Crippen LogP contribution >= 0.6 is 15.9 Å². The molecule has 7 heteroatoms. The van der Waals surface area contributed by atoms with Crippen LogP contribution in [0, 0.1) is 0 Å². The molecule has 0 atom stereocenters. The summed E-state index contributed by atoms with van der Waals surface area (Å²) in [6.45, 7) is 0. The molecule has 96 valence electrons. The van der Waals surface area contributed by atoms with Gasteiger partial charge in [-0.3, -0.25) is 4.68 Å². The van der Waals surface area contributed by atoms with Crippen molar-refractivity contribution in [2.75, 3.05) is 5.32 Å². The maximum Gasteiger partial charge on any atom is 0.416 e. The smallest absolute Gasteiger partial charge is 0.338 e. The molecule has 0 aliphatic heterocycles. The highest BCUT2D eigenvalue weighted by Crippen LogP contribution is 2.34. The van der Waals surface area contributed by atoms with Gasteiger partial charge in [-0.1, -0.05) is 0 Å². The molecule has 3 nitrogen and oxygen atoms in total. The van der Waals surface area contributed by atoms with E-state index in [4.69, 9.17) is 0 Å². The number of aromatic nitrogens is 2. The average molecular weight is 320 g/mol. The van der Waals surface area contributed by atoms with Crippen LogP contribution in [0.4, 0.5) is 24.7 Å². The zero-order chi connectivity index (χ0) is 13.3. The molecule has 1 heterocycles. The fourth-order valence-electron chi connectivity index (χ4n) is 1.41. The number of benzene rings is 1. The summed E-state index contributed by atoms with van der Waals surface area (Å²) in [7, 11) is 1.76. The van der Waals surface area contributed by atoms with Crippen molar-refractivity contribution in [2.45, 2.75) is 6.18 Å². The number of hydrogen-bond donors (Lipinski definition) is 1. The summed E-state index contributed by atoms with van der Waals surface area (Å²) < 4.78 is 39.4. The predicted molar refractivity (Wildman–Crippen MR) is 65.6 cm³/mol. The summed E-state index contributed by atoms with van der Waals surface area (Å²) in [5.41, 5.74) is -0.164. The number of rotatable bonds is 2. The summed E-state index contributed by atoms with van der Waals surface area (Å²) in [5, 5.41) is 7.01. The Labute approximate surface area is 110 Å². The highest BCUT2D eigenvalue weighted by atomic mass is 79.9. The van der Waals surface area contributed by atoms with Crippen LogP contribution in [0.3, 0.4) is 0 Å². The minimum Gasteiger partial charge on any atom is -0.338 e. The number of anilines is 2. The van der Waals surface area contributed by atoms with Gasteiger partial charge in [0.2, 0.25) is 0 Å². The number of nitrogens with one attached hydrogen (secondary N) is 1. The number of hydrogen-bond acceptors (Lipinski definition) is 2. The molecule has 1 aromatic heterocycles. The molecular weight excluding hydrogens is 311 g/mol. The van der Waals surface area contributed by atoms with E-state index in [1.54, 1.807) is 24.0 Å². The second-order valence-electron chi connectivity index (χ2n) is 3.69. The summed E-state index contributed by atoms with van der Waals surface area (Å²) in [5.74, 6) is 0.568. The van der Waals surface area contributed by atoms with Crippen LogP contribution in [0.2, 0.25) is 0 Å². The Kier molecular flexibility index (Phi) is 3.34. The first-order valence-electron chi connectivity index (χ1n) is 4.99. The van der Waals surface area contributed by atoms with Crippen LogP contribution in [-0.4, -0.2) is 9.78 Å². The van der Waals surface area contributed by atoms with E-state index in [0.29, 0.717) is 16.0 Å². The van der Waals surface area contributed by atoms with Gasteiger partial charge in [-0.25, -0.2) is 0 Å². The van der Waals surface area contributed by atoms with E-state index < -0.39 is 11.7 Å². The first-order chi connectivity index (χ1) is 8.36. The fourth-order valence-corrected chi connectivity index (χ4v) is 1.89. The quantitative estimate of drug-likeness (QED) is 0.908. The predicted octanol–water partition coefficient (Wildman–Crippen LogP) is 3.95. The van der Waals surface area contributed by atoms with Crippen LogP contribution in [0.5, 0.6) is 0 Å². The lowest BCUT2D eigenvalue weighted by Crippen LogP contribution is -2.05. The second-order valence-corrected chi connectivity index (χ2v) is 4.55. The van der Waals surface area contributed by atoms with Crippen LogP contribution in [0.1, 0.15) is 5.56 Å². The third-order valence-electron chi connectivity index (χ3n) is 2.27. The summed E-state index contributed by atoms with van der Waals surface area (Å²) in [6.07, 6.45) is -2.60. The molecule has 0 saturated heterocycles. The molecule has 0 aliphatic carbocycles. The van der Waals surface area contributed by atoms with Crippen molar-refractivity contribution < 1.29 is 13.2 Å². The summed E-state index contributed by atoms with van der Waals surface area (Å²) in [4.78, 5) is 0. The minimum absolute atomic E-state index is 0.336. The van der Waals surface area contributed by atoms with Crippen molar-refractivity contribution in [1.82, 2.24) is 9.78 Å². The van der Waals surface area contributed by atoms with Gasteiger partial charge in [-0.15, -0.1) is 0 Å². The molecule has 0 spiro atoms. The Balaban J connectivity index is 2.25. The normalized spacial score (nSPS) is 11.6. The van der Waals surface area contributed by atoms with Crippen molar-refractivity contribution in [3.05, 3.63) is 40.5 Å². The lowest BCUT2D eigenvalue weighted by Gasteiger charge is -2.10. The van der Waals surface area contributed by atoms with E-state index in [1.807, 2.05) is 0 Å². The van der Waals surface area contributed by atoms with E-state index in [0.717, 1.165) is 12.1 Å². The van der Waals surface area contributed by atoms with Gasteiger partial charge in [0, 0.05) is 23.8 Å². The Morgan fingerprint density at radius 2 is 2.00 bits per heavy atom. The average Bonchev–Trinajstić information content (AvgIpc) is 2.65. The second kappa shape index (κ2) is 4.64. The summed E-state index contributed by atoms with van der Waals surface area (Å²) >= 11 is 3.11. The molecule has 0 bridgehead atoms. The zero-order valence-corrected chi connectivity index (χ0v) is 10.9. The van der Waals surface area contributed by atoms with E-state index >= 15 is 0 Å². The van der Waals surface area contributed by atoms with Crippen molar-refractivity contribution in [2.24, 2.45) is 7.05 Å². The fraction of sp³-hybridized carbons (Fsp3) is 0.182. The van der Waals surface area contributed by atoms with Gasteiger partial charge >= 0.3 is 6.18 Å². The van der Waals surface area contributed by atoms with Crippen molar-refractivity contribution in [3.63, 3.8) is 0 Å². The Morgan fingerprint density at radius 1 is 1.28 bits per heavy atom. The van der Waals surface area contributed by atoms with Gasteiger partial charge in [0.25, 0.3) is 0 Å². The molecule has 1 aromatic carbocycles. The highest BCUT2D eigenvalue weighted by molar-refractivity contribution is 9.10. The molecule has 0 aliphatic rings. The molecule has 1 N–H and O–H groups in total. The van der Waals surface area contributed by atoms with Gasteiger partial charge in [0.1, 0.15) is 0 Å². The maximum atomic E-state index is 12.5. The first kappa shape index (κ1) is 12.9. The van der Waals surface area contributed by atoms with Crippen LogP contribution in [0.25, 0.3) is 0 Å². The lowest BCUT2D eigenvalue weighted by molar-refractivity contribution is -0.137. The molecule has 18 heavy (non-hydrogen) atoms. The first-order valence-corrected chi connectivity index (χ1v) is 5.79. The third kappa shape index (κ3) is 2.84. The Bertz CT molecular complexity index is 563. The Morgan fingerprint density at radius 3 is 2.50 bits per heavy atom. The van der Waals surface area contributed by atoms with Crippen molar-refractivity contribution >= 4 is 27.4 Å². The Hall–Kier alpha value is -1.50. The monoisotopic (exact) mass is 319 g/mol. The molecule has 0 radical (unpaired) electrons. The van der Waals surface area contributed by atoms with Crippen LogP contribution in [-0.2, 0) is 13.2 Å². The van der Waals surface area contributed by atoms with E-state index in [2.05, 4.69) is 26.3 Å². The topological polar surface area (TPSA) is 29.9 Å². The highest BCUT2D eigenvalue weighted by Gasteiger charge is 2.30. The molecule has 0 fully saturated rings. The van der Waals surface area contributed by atoms with Gasteiger partial charge in [0.15, 0.2) is 5.82 Å². The van der Waals surface area contributed by atoms with Gasteiger partial charge in [0.05, 0.1) is 11.3 Å². The molecular formula is C11H9BrF3N3. The number of alkyl halides is 3. The maximum absolute atomic E-state index is 12.5.